The second kappa shape index (κ2) is 10.9. The number of aryl methyl sites for hydroxylation is 1. The third-order valence-corrected chi connectivity index (χ3v) is 6.89. The molecule has 3 heterocycles. The Morgan fingerprint density at radius 1 is 1.09 bits per heavy atom. The van der Waals surface area contributed by atoms with Gasteiger partial charge in [-0.25, -0.2) is 4.98 Å². The Morgan fingerprint density at radius 3 is 2.66 bits per heavy atom. The molecule has 1 unspecified atom stereocenters. The van der Waals surface area contributed by atoms with Gasteiger partial charge in [0.2, 0.25) is 5.91 Å². The first-order valence-electron chi connectivity index (χ1n) is 12.4. The second-order valence-corrected chi connectivity index (χ2v) is 9.16. The number of likely N-dealkylation sites (tertiary alicyclic amines) is 1. The van der Waals surface area contributed by atoms with Crippen molar-refractivity contribution in [3.05, 3.63) is 34.6 Å². The Bertz CT molecular complexity index is 964. The molecule has 4 rings (SSSR count). The molecular weight excluding hydrogens is 402 g/mol. The smallest absolute Gasteiger partial charge is 0.293 e. The summed E-state index contributed by atoms with van der Waals surface area (Å²) in [4.78, 5) is 35.2. The predicted octanol–water partition coefficient (Wildman–Crippen LogP) is 3.02. The molecule has 0 spiro atoms. The number of amides is 1. The number of hydrogen-bond acceptors (Lipinski definition) is 5. The van der Waals surface area contributed by atoms with E-state index in [9.17, 15) is 9.59 Å². The Kier molecular flexibility index (Phi) is 7.79. The van der Waals surface area contributed by atoms with Crippen LogP contribution in [0.4, 0.5) is 5.82 Å². The lowest BCUT2D eigenvalue weighted by Crippen LogP contribution is -2.46. The maximum atomic E-state index is 13.1. The van der Waals surface area contributed by atoms with Crippen molar-refractivity contribution in [2.24, 2.45) is 5.92 Å². The highest BCUT2D eigenvalue weighted by atomic mass is 16.2. The minimum absolute atomic E-state index is 0.0651. The lowest BCUT2D eigenvalue weighted by molar-refractivity contribution is -0.125. The largest absolute Gasteiger partial charge is 0.356 e. The molecule has 2 saturated heterocycles. The fourth-order valence-corrected chi connectivity index (χ4v) is 5.10. The topological polar surface area (TPSA) is 70.5 Å². The van der Waals surface area contributed by atoms with Gasteiger partial charge in [-0.1, -0.05) is 25.0 Å². The number of nitrogens with one attached hydrogen (secondary N) is 1. The van der Waals surface area contributed by atoms with Gasteiger partial charge in [0.25, 0.3) is 5.56 Å². The summed E-state index contributed by atoms with van der Waals surface area (Å²) in [7, 11) is 0. The molecule has 0 bridgehead atoms. The van der Waals surface area contributed by atoms with Crippen molar-refractivity contribution in [2.75, 3.05) is 44.2 Å². The van der Waals surface area contributed by atoms with Crippen LogP contribution in [0.1, 0.15) is 51.9 Å². The van der Waals surface area contributed by atoms with Crippen molar-refractivity contribution in [1.29, 1.82) is 0 Å². The number of carbonyl (C=O) groups is 1. The van der Waals surface area contributed by atoms with Crippen LogP contribution in [0.2, 0.25) is 0 Å². The van der Waals surface area contributed by atoms with Crippen molar-refractivity contribution in [2.45, 2.75) is 58.4 Å². The molecule has 1 amide bonds. The summed E-state index contributed by atoms with van der Waals surface area (Å²) in [5, 5.41) is 3.15. The molecule has 0 radical (unpaired) electrons. The number of anilines is 1. The van der Waals surface area contributed by atoms with E-state index >= 15 is 0 Å². The van der Waals surface area contributed by atoms with Crippen LogP contribution < -0.4 is 15.8 Å². The average molecular weight is 440 g/mol. The molecule has 1 aromatic carbocycles. The lowest BCUT2D eigenvalue weighted by Gasteiger charge is -2.32. The van der Waals surface area contributed by atoms with Gasteiger partial charge in [0.05, 0.1) is 17.0 Å². The van der Waals surface area contributed by atoms with E-state index < -0.39 is 0 Å². The van der Waals surface area contributed by atoms with Crippen molar-refractivity contribution in [3.63, 3.8) is 0 Å². The van der Waals surface area contributed by atoms with E-state index in [2.05, 4.69) is 10.2 Å². The Balaban J connectivity index is 1.35. The Morgan fingerprint density at radius 2 is 1.88 bits per heavy atom. The summed E-state index contributed by atoms with van der Waals surface area (Å²) in [6.45, 7) is 8.08. The van der Waals surface area contributed by atoms with E-state index in [0.717, 1.165) is 49.9 Å². The molecule has 1 N–H and O–H groups in total. The van der Waals surface area contributed by atoms with Crippen LogP contribution >= 0.6 is 0 Å². The molecule has 7 nitrogen and oxygen atoms in total. The summed E-state index contributed by atoms with van der Waals surface area (Å²) >= 11 is 0. The Hall–Kier alpha value is -2.41. The molecule has 0 aliphatic carbocycles. The van der Waals surface area contributed by atoms with Crippen LogP contribution in [0.5, 0.6) is 0 Å². The number of fused-ring (bicyclic) bond motifs is 1. The SMILES string of the molecule is CCn1c(=O)c(N2CCCC(C(=O)NCCCN3CCCCCC3)C2)nc2ccccc21. The fraction of sp³-hybridized carbons (Fsp3) is 0.640. The third kappa shape index (κ3) is 5.31. The first kappa shape index (κ1) is 22.8. The maximum Gasteiger partial charge on any atom is 0.293 e. The highest BCUT2D eigenvalue weighted by Crippen LogP contribution is 2.22. The number of aromatic nitrogens is 2. The van der Waals surface area contributed by atoms with E-state index in [4.69, 9.17) is 4.98 Å². The van der Waals surface area contributed by atoms with Crippen molar-refractivity contribution < 1.29 is 4.79 Å². The summed E-state index contributed by atoms with van der Waals surface area (Å²) < 4.78 is 1.78. The zero-order valence-electron chi connectivity index (χ0n) is 19.4. The van der Waals surface area contributed by atoms with Gasteiger partial charge in [0.15, 0.2) is 5.82 Å². The number of rotatable bonds is 7. The average Bonchev–Trinajstić information content (AvgIpc) is 3.10. The highest BCUT2D eigenvalue weighted by molar-refractivity contribution is 5.80. The summed E-state index contributed by atoms with van der Waals surface area (Å²) in [6.07, 6.45) is 8.05. The summed E-state index contributed by atoms with van der Waals surface area (Å²) in [5.41, 5.74) is 1.62. The zero-order valence-corrected chi connectivity index (χ0v) is 19.4. The van der Waals surface area contributed by atoms with Crippen molar-refractivity contribution >= 4 is 22.8 Å². The molecule has 1 atom stereocenters. The maximum absolute atomic E-state index is 13.1. The first-order valence-corrected chi connectivity index (χ1v) is 12.4. The molecule has 1 aromatic heterocycles. The number of hydrogen-bond donors (Lipinski definition) is 1. The van der Waals surface area contributed by atoms with Crippen LogP contribution in [0.15, 0.2) is 29.1 Å². The van der Waals surface area contributed by atoms with Crippen LogP contribution in [0.25, 0.3) is 11.0 Å². The highest BCUT2D eigenvalue weighted by Gasteiger charge is 2.28. The van der Waals surface area contributed by atoms with E-state index in [0.29, 0.717) is 18.9 Å². The molecule has 2 aliphatic rings. The third-order valence-electron chi connectivity index (χ3n) is 6.89. The minimum Gasteiger partial charge on any atom is -0.356 e. The quantitative estimate of drug-likeness (QED) is 0.672. The van der Waals surface area contributed by atoms with E-state index in [1.807, 2.05) is 36.1 Å². The molecule has 2 fully saturated rings. The van der Waals surface area contributed by atoms with Gasteiger partial charge in [-0.2, -0.15) is 0 Å². The van der Waals surface area contributed by atoms with Gasteiger partial charge in [-0.05, 0) is 70.8 Å². The van der Waals surface area contributed by atoms with E-state index in [-0.39, 0.29) is 17.4 Å². The van der Waals surface area contributed by atoms with Gasteiger partial charge in [0.1, 0.15) is 0 Å². The number of benzene rings is 1. The Labute approximate surface area is 190 Å². The number of para-hydroxylation sites is 2. The number of carbonyl (C=O) groups excluding carboxylic acids is 1. The molecular formula is C25H37N5O2. The summed E-state index contributed by atoms with van der Waals surface area (Å²) in [6, 6.07) is 7.77. The van der Waals surface area contributed by atoms with Gasteiger partial charge >= 0.3 is 0 Å². The molecule has 7 heteroatoms. The van der Waals surface area contributed by atoms with Crippen LogP contribution in [-0.2, 0) is 11.3 Å². The van der Waals surface area contributed by atoms with Gasteiger partial charge in [0, 0.05) is 26.2 Å². The number of nitrogens with zero attached hydrogens (tertiary/aromatic N) is 4. The normalized spacial score (nSPS) is 20.3. The van der Waals surface area contributed by atoms with E-state index in [1.54, 1.807) is 4.57 Å². The lowest BCUT2D eigenvalue weighted by atomic mass is 9.97. The van der Waals surface area contributed by atoms with Crippen LogP contribution in [0.3, 0.4) is 0 Å². The van der Waals surface area contributed by atoms with Crippen molar-refractivity contribution in [1.82, 2.24) is 19.8 Å². The van der Waals surface area contributed by atoms with Crippen LogP contribution in [-0.4, -0.2) is 59.6 Å². The molecule has 0 saturated carbocycles. The molecule has 2 aliphatic heterocycles. The van der Waals surface area contributed by atoms with Crippen LogP contribution in [0, 0.1) is 5.92 Å². The zero-order chi connectivity index (χ0) is 22.3. The minimum atomic E-state index is -0.0929. The molecule has 32 heavy (non-hydrogen) atoms. The standard InChI is InChI=1S/C25H37N5O2/c1-2-30-22-13-6-5-12-21(22)27-23(25(30)32)29-18-9-11-20(19-29)24(31)26-14-10-17-28-15-7-3-4-8-16-28/h5-6,12-13,20H,2-4,7-11,14-19H2,1H3,(H,26,31). The summed E-state index contributed by atoms with van der Waals surface area (Å²) in [5.74, 6) is 0.496. The van der Waals surface area contributed by atoms with Gasteiger partial charge < -0.3 is 19.7 Å². The molecule has 2 aromatic rings. The first-order chi connectivity index (χ1) is 15.7. The fourth-order valence-electron chi connectivity index (χ4n) is 5.10. The van der Waals surface area contributed by atoms with Gasteiger partial charge in [-0.3, -0.25) is 9.59 Å². The monoisotopic (exact) mass is 439 g/mol. The van der Waals surface area contributed by atoms with E-state index in [1.165, 1.54) is 38.8 Å². The second-order valence-electron chi connectivity index (χ2n) is 9.16. The van der Waals surface area contributed by atoms with Crippen molar-refractivity contribution in [3.8, 4) is 0 Å². The molecule has 174 valence electrons. The van der Waals surface area contributed by atoms with Gasteiger partial charge in [-0.15, -0.1) is 0 Å². The predicted molar refractivity (Wildman–Crippen MR) is 129 cm³/mol. The number of piperidine rings is 1.